The minimum absolute atomic E-state index is 0.0334. The van der Waals surface area contributed by atoms with Crippen LogP contribution in [0, 0.1) is 6.92 Å². The number of carbonyl (C=O) groups excluding carboxylic acids is 2. The highest BCUT2D eigenvalue weighted by atomic mass is 16.5. The smallest absolute Gasteiger partial charge is 0.295 e. The number of ketones is 1. The van der Waals surface area contributed by atoms with Crippen molar-refractivity contribution in [3.63, 3.8) is 0 Å². The maximum absolute atomic E-state index is 13.6. The van der Waals surface area contributed by atoms with E-state index in [2.05, 4.69) is 0 Å². The Bertz CT molecular complexity index is 1060. The zero-order valence-electron chi connectivity index (χ0n) is 19.9. The monoisotopic (exact) mass is 452 g/mol. The average molecular weight is 453 g/mol. The summed E-state index contributed by atoms with van der Waals surface area (Å²) < 4.78 is 11.1. The van der Waals surface area contributed by atoms with E-state index in [9.17, 15) is 14.7 Å². The second kappa shape index (κ2) is 10.5. The quantitative estimate of drug-likeness (QED) is 0.351. The van der Waals surface area contributed by atoms with Crippen LogP contribution in [0.5, 0.6) is 11.5 Å². The number of nitrogens with zero attached hydrogens (tertiary/aromatic N) is 1. The molecular formula is C26H32N2O5. The van der Waals surface area contributed by atoms with Crippen LogP contribution in [0.2, 0.25) is 0 Å². The van der Waals surface area contributed by atoms with Crippen molar-refractivity contribution in [1.82, 2.24) is 4.90 Å². The highest BCUT2D eigenvalue weighted by Crippen LogP contribution is 2.42. The third kappa shape index (κ3) is 5.03. The van der Waals surface area contributed by atoms with Gasteiger partial charge in [0, 0.05) is 24.1 Å². The van der Waals surface area contributed by atoms with Gasteiger partial charge in [0.25, 0.3) is 5.91 Å². The van der Waals surface area contributed by atoms with Gasteiger partial charge in [-0.1, -0.05) is 30.0 Å². The summed E-state index contributed by atoms with van der Waals surface area (Å²) in [6.07, 6.45) is 0.706. The number of likely N-dealkylation sites (tertiary alicyclic amines) is 1. The Morgan fingerprint density at radius 3 is 2.48 bits per heavy atom. The fraction of sp³-hybridized carbons (Fsp3) is 0.385. The number of carbonyl (C=O) groups is 2. The summed E-state index contributed by atoms with van der Waals surface area (Å²) in [5.41, 5.74) is 1.74. The van der Waals surface area contributed by atoms with Gasteiger partial charge in [0.2, 0.25) is 5.78 Å². The first-order valence-corrected chi connectivity index (χ1v) is 11.2. The predicted molar refractivity (Wildman–Crippen MR) is 124 cm³/mol. The topological polar surface area (TPSA) is 83.3 Å². The number of hydrogen-bond donors (Lipinski definition) is 1. The Morgan fingerprint density at radius 2 is 1.85 bits per heavy atom. The highest BCUT2D eigenvalue weighted by molar-refractivity contribution is 6.46. The van der Waals surface area contributed by atoms with Crippen LogP contribution in [-0.4, -0.2) is 57.5 Å². The van der Waals surface area contributed by atoms with Crippen molar-refractivity contribution in [3.8, 4) is 11.5 Å². The molecule has 0 saturated carbocycles. The van der Waals surface area contributed by atoms with Gasteiger partial charge in [0.1, 0.15) is 11.5 Å². The molecule has 0 radical (unpaired) electrons. The van der Waals surface area contributed by atoms with Crippen LogP contribution in [0.3, 0.4) is 0 Å². The van der Waals surface area contributed by atoms with Crippen molar-refractivity contribution in [2.45, 2.75) is 26.3 Å². The predicted octanol–water partition coefficient (Wildman–Crippen LogP) is 1.16. The summed E-state index contributed by atoms with van der Waals surface area (Å²) in [6, 6.07) is 11.5. The van der Waals surface area contributed by atoms with Crippen LogP contribution in [-0.2, 0) is 9.59 Å². The van der Waals surface area contributed by atoms with Crippen LogP contribution in [0.15, 0.2) is 48.0 Å². The van der Waals surface area contributed by atoms with Crippen molar-refractivity contribution in [2.24, 2.45) is 0 Å². The average Bonchev–Trinajstić information content (AvgIpc) is 3.04. The molecule has 1 atom stereocenters. The van der Waals surface area contributed by atoms with E-state index in [0.717, 1.165) is 12.1 Å². The van der Waals surface area contributed by atoms with Gasteiger partial charge in [0.15, 0.2) is 0 Å². The summed E-state index contributed by atoms with van der Waals surface area (Å²) >= 11 is 0. The minimum Gasteiger partial charge on any atom is -0.872 e. The van der Waals surface area contributed by atoms with Gasteiger partial charge in [0.05, 0.1) is 40.4 Å². The molecule has 1 heterocycles. The molecule has 176 valence electrons. The molecular weight excluding hydrogens is 420 g/mol. The second-order valence-corrected chi connectivity index (χ2v) is 8.44. The fourth-order valence-electron chi connectivity index (χ4n) is 4.20. The maximum atomic E-state index is 13.6. The molecule has 0 bridgehead atoms. The Kier molecular flexibility index (Phi) is 7.76. The van der Waals surface area contributed by atoms with Crippen LogP contribution < -0.4 is 19.5 Å². The summed E-state index contributed by atoms with van der Waals surface area (Å²) in [5.74, 6) is -0.630. The number of methoxy groups -OCH3 is 1. The van der Waals surface area contributed by atoms with Crippen LogP contribution in [0.1, 0.15) is 36.1 Å². The molecule has 7 nitrogen and oxygen atoms in total. The molecule has 1 aliphatic heterocycles. The molecule has 1 amide bonds. The first-order chi connectivity index (χ1) is 15.8. The number of Topliss-reactive ketones (excluding diaryl/α,β-unsaturated/α-hetero) is 1. The van der Waals surface area contributed by atoms with E-state index in [0.29, 0.717) is 42.2 Å². The molecule has 1 N–H and O–H groups in total. The number of para-hydroxylation sites is 1. The van der Waals surface area contributed by atoms with E-state index < -0.39 is 23.5 Å². The third-order valence-electron chi connectivity index (χ3n) is 5.78. The Hall–Kier alpha value is -3.32. The molecule has 0 spiro atoms. The molecule has 1 unspecified atom stereocenters. The van der Waals surface area contributed by atoms with Gasteiger partial charge in [-0.05, 0) is 43.2 Å². The van der Waals surface area contributed by atoms with Crippen molar-refractivity contribution in [2.75, 3.05) is 40.9 Å². The van der Waals surface area contributed by atoms with Crippen molar-refractivity contribution < 1.29 is 29.1 Å². The van der Waals surface area contributed by atoms with Crippen molar-refractivity contribution in [3.05, 3.63) is 64.7 Å². The number of hydrogen-bond acceptors (Lipinski definition) is 5. The summed E-state index contributed by atoms with van der Waals surface area (Å²) in [6.45, 7) is 5.34. The van der Waals surface area contributed by atoms with Gasteiger partial charge in [-0.2, -0.15) is 0 Å². The van der Waals surface area contributed by atoms with Gasteiger partial charge < -0.3 is 24.4 Å². The van der Waals surface area contributed by atoms with Crippen LogP contribution >= 0.6 is 0 Å². The molecule has 2 aromatic carbocycles. The number of nitrogens with one attached hydrogen (secondary N) is 1. The maximum Gasteiger partial charge on any atom is 0.295 e. The normalized spacial score (nSPS) is 17.6. The molecule has 1 fully saturated rings. The Labute approximate surface area is 195 Å². The minimum atomic E-state index is -0.792. The lowest BCUT2D eigenvalue weighted by Crippen LogP contribution is -3.05. The van der Waals surface area contributed by atoms with Crippen molar-refractivity contribution >= 4 is 17.4 Å². The van der Waals surface area contributed by atoms with Gasteiger partial charge >= 0.3 is 0 Å². The van der Waals surface area contributed by atoms with Gasteiger partial charge in [-0.3, -0.25) is 9.59 Å². The molecule has 0 aliphatic carbocycles. The lowest BCUT2D eigenvalue weighted by molar-refractivity contribution is -0.858. The van der Waals surface area contributed by atoms with Crippen LogP contribution in [0.4, 0.5) is 0 Å². The summed E-state index contributed by atoms with van der Waals surface area (Å²) in [4.78, 5) is 29.0. The largest absolute Gasteiger partial charge is 0.872 e. The Balaban J connectivity index is 2.16. The number of quaternary nitrogens is 1. The van der Waals surface area contributed by atoms with E-state index in [1.165, 1.54) is 9.80 Å². The van der Waals surface area contributed by atoms with E-state index in [1.807, 2.05) is 46.1 Å². The number of ether oxygens (including phenoxy) is 2. The Morgan fingerprint density at radius 1 is 1.12 bits per heavy atom. The first kappa shape index (κ1) is 24.3. The molecule has 33 heavy (non-hydrogen) atoms. The fourth-order valence-corrected chi connectivity index (χ4v) is 4.20. The highest BCUT2D eigenvalue weighted by Gasteiger charge is 2.45. The number of amides is 1. The molecule has 2 aromatic rings. The molecule has 1 saturated heterocycles. The lowest BCUT2D eigenvalue weighted by Gasteiger charge is -2.29. The summed E-state index contributed by atoms with van der Waals surface area (Å²) in [5, 5.41) is 13.6. The van der Waals surface area contributed by atoms with Gasteiger partial charge in [-0.15, -0.1) is 0 Å². The van der Waals surface area contributed by atoms with E-state index in [1.54, 1.807) is 31.4 Å². The standard InChI is InChI=1S/C26H32N2O5/c1-6-33-21-11-8-7-10-19(21)23-22(24(29)18-12-13-20(32-5)17(2)16-18)25(30)26(31)28(23)15-9-14-27(3)4/h7-8,10-13,16,23,29H,6,9,14-15H2,1-5H3. The van der Waals surface area contributed by atoms with E-state index in [4.69, 9.17) is 9.47 Å². The molecule has 3 rings (SSSR count). The number of benzene rings is 2. The molecule has 1 aliphatic rings. The number of rotatable bonds is 9. The summed E-state index contributed by atoms with van der Waals surface area (Å²) in [7, 11) is 5.63. The molecule has 7 heteroatoms. The zero-order valence-corrected chi connectivity index (χ0v) is 19.9. The number of aryl methyl sites for hydroxylation is 1. The van der Waals surface area contributed by atoms with E-state index >= 15 is 0 Å². The first-order valence-electron chi connectivity index (χ1n) is 11.2. The SMILES string of the molecule is CCOc1ccccc1C1C(=C([O-])c2ccc(OC)c(C)c2)C(=O)C(=O)N1CCC[NH+](C)C. The van der Waals surface area contributed by atoms with Crippen molar-refractivity contribution in [1.29, 1.82) is 0 Å². The van der Waals surface area contributed by atoms with E-state index in [-0.39, 0.29) is 5.57 Å². The van der Waals surface area contributed by atoms with Crippen LogP contribution in [0.25, 0.3) is 5.76 Å². The third-order valence-corrected chi connectivity index (χ3v) is 5.78. The van der Waals surface area contributed by atoms with Gasteiger partial charge in [-0.25, -0.2) is 0 Å². The molecule has 0 aromatic heterocycles. The second-order valence-electron chi connectivity index (χ2n) is 8.44. The zero-order chi connectivity index (χ0) is 24.1. The lowest BCUT2D eigenvalue weighted by atomic mass is 9.94.